The van der Waals surface area contributed by atoms with Crippen LogP contribution in [0, 0.1) is 0 Å². The minimum Gasteiger partial charge on any atom is -0.339 e. The molecule has 2 aromatic heterocycles. The number of aryl methyl sites for hydroxylation is 1. The van der Waals surface area contributed by atoms with E-state index in [2.05, 4.69) is 15.2 Å². The van der Waals surface area contributed by atoms with Crippen LogP contribution in [0.4, 0.5) is 0 Å². The second kappa shape index (κ2) is 4.46. The van der Waals surface area contributed by atoms with Gasteiger partial charge in [-0.3, -0.25) is 5.10 Å². The lowest BCUT2D eigenvalue weighted by Crippen LogP contribution is -2.29. The molecule has 102 valence electrons. The van der Waals surface area contributed by atoms with Crippen LogP contribution in [-0.4, -0.2) is 45.6 Å². The Morgan fingerprint density at radius 3 is 2.95 bits per heavy atom. The fourth-order valence-electron chi connectivity index (χ4n) is 2.35. The molecular weight excluding hydrogens is 266 g/mol. The third kappa shape index (κ3) is 2.17. The number of aromatic nitrogens is 4. The number of hydrogen-bond donors (Lipinski definition) is 1. The van der Waals surface area contributed by atoms with Crippen LogP contribution >= 0.6 is 0 Å². The molecule has 0 spiro atoms. The second-order valence-corrected chi connectivity index (χ2v) is 6.62. The van der Waals surface area contributed by atoms with Gasteiger partial charge in [-0.25, -0.2) is 13.4 Å². The van der Waals surface area contributed by atoms with Gasteiger partial charge in [0.25, 0.3) is 10.0 Å². The Balaban J connectivity index is 1.81. The fraction of sp³-hybridized carbons (Fsp3) is 0.455. The summed E-state index contributed by atoms with van der Waals surface area (Å²) in [6.45, 7) is 0.990. The Labute approximate surface area is 111 Å². The molecule has 2 aromatic rings. The first kappa shape index (κ1) is 12.4. The molecule has 3 heterocycles. The van der Waals surface area contributed by atoms with E-state index >= 15 is 0 Å². The highest BCUT2D eigenvalue weighted by molar-refractivity contribution is 7.89. The number of rotatable bonds is 3. The lowest BCUT2D eigenvalue weighted by atomic mass is 10.1. The molecule has 1 aliphatic rings. The van der Waals surface area contributed by atoms with Gasteiger partial charge in [0, 0.05) is 44.1 Å². The van der Waals surface area contributed by atoms with E-state index in [0.29, 0.717) is 13.1 Å². The molecule has 0 radical (unpaired) electrons. The maximum Gasteiger partial charge on any atom is 0.262 e. The van der Waals surface area contributed by atoms with Crippen LogP contribution in [0.5, 0.6) is 0 Å². The van der Waals surface area contributed by atoms with Gasteiger partial charge in [-0.15, -0.1) is 0 Å². The van der Waals surface area contributed by atoms with E-state index in [1.165, 1.54) is 16.8 Å². The molecule has 0 aliphatic carbocycles. The average molecular weight is 281 g/mol. The van der Waals surface area contributed by atoms with Crippen LogP contribution in [0.25, 0.3) is 0 Å². The van der Waals surface area contributed by atoms with Crippen molar-refractivity contribution in [3.8, 4) is 0 Å². The fourth-order valence-corrected chi connectivity index (χ4v) is 3.82. The molecule has 0 amide bonds. The predicted molar refractivity (Wildman–Crippen MR) is 67.9 cm³/mol. The minimum atomic E-state index is -3.47. The van der Waals surface area contributed by atoms with Crippen molar-refractivity contribution in [3.05, 3.63) is 30.5 Å². The van der Waals surface area contributed by atoms with E-state index in [1.54, 1.807) is 17.8 Å². The van der Waals surface area contributed by atoms with Crippen molar-refractivity contribution in [2.75, 3.05) is 13.1 Å². The largest absolute Gasteiger partial charge is 0.339 e. The van der Waals surface area contributed by atoms with Gasteiger partial charge < -0.3 is 4.57 Å². The standard InChI is InChI=1S/C11H15N5O2S/c1-15-7-11(12-8-15)19(17,18)16-5-3-9(6-16)10-2-4-13-14-10/h2,4,7-9H,3,5-6H2,1H3,(H,13,14). The van der Waals surface area contributed by atoms with Gasteiger partial charge in [-0.05, 0) is 12.5 Å². The molecule has 1 unspecified atom stereocenters. The number of aromatic amines is 1. The molecule has 1 atom stereocenters. The van der Waals surface area contributed by atoms with Gasteiger partial charge >= 0.3 is 0 Å². The summed E-state index contributed by atoms with van der Waals surface area (Å²) in [6, 6.07) is 1.89. The lowest BCUT2D eigenvalue weighted by molar-refractivity contribution is 0.469. The molecule has 7 nitrogen and oxygen atoms in total. The number of nitrogens with zero attached hydrogens (tertiary/aromatic N) is 4. The summed E-state index contributed by atoms with van der Waals surface area (Å²) < 4.78 is 27.9. The first-order valence-corrected chi connectivity index (χ1v) is 7.49. The summed E-state index contributed by atoms with van der Waals surface area (Å²) >= 11 is 0. The van der Waals surface area contributed by atoms with Crippen LogP contribution in [0.3, 0.4) is 0 Å². The van der Waals surface area contributed by atoms with E-state index in [1.807, 2.05) is 6.07 Å². The Morgan fingerprint density at radius 1 is 1.47 bits per heavy atom. The molecule has 1 aliphatic heterocycles. The Kier molecular flexibility index (Phi) is 2.90. The number of sulfonamides is 1. The van der Waals surface area contributed by atoms with Gasteiger partial charge in [0.15, 0.2) is 5.03 Å². The molecule has 19 heavy (non-hydrogen) atoms. The highest BCUT2D eigenvalue weighted by Gasteiger charge is 2.34. The Morgan fingerprint density at radius 2 is 2.32 bits per heavy atom. The summed E-state index contributed by atoms with van der Waals surface area (Å²) in [7, 11) is -1.72. The van der Waals surface area contributed by atoms with Gasteiger partial charge in [-0.1, -0.05) is 0 Å². The predicted octanol–water partition coefficient (Wildman–Crippen LogP) is 0.321. The SMILES string of the molecule is Cn1cnc(S(=O)(=O)N2CCC(c3ccn[nH]3)C2)c1. The first-order valence-electron chi connectivity index (χ1n) is 6.05. The molecule has 1 saturated heterocycles. The zero-order chi connectivity index (χ0) is 13.5. The van der Waals surface area contributed by atoms with Crippen LogP contribution < -0.4 is 0 Å². The van der Waals surface area contributed by atoms with Crippen molar-refractivity contribution >= 4 is 10.0 Å². The van der Waals surface area contributed by atoms with Gasteiger partial charge in [0.2, 0.25) is 0 Å². The number of nitrogens with one attached hydrogen (secondary N) is 1. The van der Waals surface area contributed by atoms with Crippen molar-refractivity contribution < 1.29 is 8.42 Å². The van der Waals surface area contributed by atoms with Crippen molar-refractivity contribution in [1.82, 2.24) is 24.1 Å². The van der Waals surface area contributed by atoms with Crippen molar-refractivity contribution in [2.24, 2.45) is 7.05 Å². The molecule has 0 saturated carbocycles. The van der Waals surface area contributed by atoms with Gasteiger partial charge in [0.05, 0.1) is 6.33 Å². The summed E-state index contributed by atoms with van der Waals surface area (Å²) in [5, 5.41) is 6.92. The zero-order valence-corrected chi connectivity index (χ0v) is 11.3. The van der Waals surface area contributed by atoms with E-state index in [0.717, 1.165) is 12.1 Å². The zero-order valence-electron chi connectivity index (χ0n) is 10.5. The second-order valence-electron chi connectivity index (χ2n) is 4.74. The number of imidazole rings is 1. The van der Waals surface area contributed by atoms with Crippen molar-refractivity contribution in [2.45, 2.75) is 17.4 Å². The average Bonchev–Trinajstić information content (AvgIpc) is 3.10. The smallest absolute Gasteiger partial charge is 0.262 e. The van der Waals surface area contributed by atoms with E-state index in [-0.39, 0.29) is 10.9 Å². The number of hydrogen-bond acceptors (Lipinski definition) is 4. The van der Waals surface area contributed by atoms with E-state index in [9.17, 15) is 8.42 Å². The van der Waals surface area contributed by atoms with Gasteiger partial charge in [-0.2, -0.15) is 9.40 Å². The summed E-state index contributed by atoms with van der Waals surface area (Å²) in [6.07, 6.45) is 5.51. The molecule has 3 rings (SSSR count). The van der Waals surface area contributed by atoms with Crippen molar-refractivity contribution in [1.29, 1.82) is 0 Å². The maximum atomic E-state index is 12.4. The molecule has 8 heteroatoms. The van der Waals surface area contributed by atoms with Crippen LogP contribution in [-0.2, 0) is 17.1 Å². The molecule has 0 bridgehead atoms. The van der Waals surface area contributed by atoms with Crippen molar-refractivity contribution in [3.63, 3.8) is 0 Å². The molecule has 0 aromatic carbocycles. The Hall–Kier alpha value is -1.67. The number of H-pyrrole nitrogens is 1. The van der Waals surface area contributed by atoms with E-state index in [4.69, 9.17) is 0 Å². The Bertz CT molecular complexity index is 661. The lowest BCUT2D eigenvalue weighted by Gasteiger charge is -2.14. The molecular formula is C11H15N5O2S. The normalized spacial score (nSPS) is 21.0. The summed E-state index contributed by atoms with van der Waals surface area (Å²) in [5.74, 6) is 0.181. The quantitative estimate of drug-likeness (QED) is 0.878. The third-order valence-electron chi connectivity index (χ3n) is 3.40. The van der Waals surface area contributed by atoms with Crippen LogP contribution in [0.1, 0.15) is 18.0 Å². The molecule has 1 fully saturated rings. The third-order valence-corrected chi connectivity index (χ3v) is 5.15. The van der Waals surface area contributed by atoms with Gasteiger partial charge in [0.1, 0.15) is 0 Å². The van der Waals surface area contributed by atoms with Crippen LogP contribution in [0.15, 0.2) is 29.8 Å². The van der Waals surface area contributed by atoms with Crippen LogP contribution in [0.2, 0.25) is 0 Å². The summed E-state index contributed by atoms with van der Waals surface area (Å²) in [5.41, 5.74) is 0.985. The van der Waals surface area contributed by atoms with E-state index < -0.39 is 10.0 Å². The topological polar surface area (TPSA) is 83.9 Å². The minimum absolute atomic E-state index is 0.111. The molecule has 1 N–H and O–H groups in total. The summed E-state index contributed by atoms with van der Waals surface area (Å²) in [4.78, 5) is 3.93. The first-order chi connectivity index (χ1) is 9.07. The highest BCUT2D eigenvalue weighted by atomic mass is 32.2. The maximum absolute atomic E-state index is 12.4. The highest BCUT2D eigenvalue weighted by Crippen LogP contribution is 2.29. The monoisotopic (exact) mass is 281 g/mol.